The number of halogens is 2. The van der Waals surface area contributed by atoms with Crippen LogP contribution in [-0.4, -0.2) is 11.1 Å². The van der Waals surface area contributed by atoms with E-state index in [0.717, 1.165) is 23.4 Å². The van der Waals surface area contributed by atoms with E-state index in [1.165, 1.54) is 11.6 Å². The monoisotopic (exact) mass is 286 g/mol. The third kappa shape index (κ3) is 2.54. The van der Waals surface area contributed by atoms with Gasteiger partial charge in [0.15, 0.2) is 11.6 Å². The summed E-state index contributed by atoms with van der Waals surface area (Å²) in [5, 5.41) is 1.11. The Balaban J connectivity index is 2.02. The molecule has 3 rings (SSSR count). The van der Waals surface area contributed by atoms with E-state index in [4.69, 9.17) is 5.73 Å². The zero-order valence-electron chi connectivity index (χ0n) is 11.5. The van der Waals surface area contributed by atoms with Crippen molar-refractivity contribution in [3.05, 3.63) is 71.4 Å². The number of nitrogens with two attached hydrogens (primary N) is 1. The van der Waals surface area contributed by atoms with E-state index in [2.05, 4.69) is 0 Å². The molecule has 0 aliphatic heterocycles. The van der Waals surface area contributed by atoms with Crippen LogP contribution in [0.2, 0.25) is 0 Å². The molecule has 0 aliphatic rings. The number of benzene rings is 2. The van der Waals surface area contributed by atoms with Crippen LogP contribution < -0.4 is 5.73 Å². The summed E-state index contributed by atoms with van der Waals surface area (Å²) in [6.45, 7) is 0.891. The summed E-state index contributed by atoms with van der Waals surface area (Å²) in [7, 11) is 0. The molecule has 0 saturated heterocycles. The van der Waals surface area contributed by atoms with Gasteiger partial charge in [0.25, 0.3) is 0 Å². The molecule has 4 heteroatoms. The predicted molar refractivity (Wildman–Crippen MR) is 80.2 cm³/mol. The molecule has 0 unspecified atom stereocenters. The summed E-state index contributed by atoms with van der Waals surface area (Å²) in [6, 6.07) is 12.2. The van der Waals surface area contributed by atoms with Gasteiger partial charge < -0.3 is 10.3 Å². The molecule has 0 bridgehead atoms. The Kier molecular flexibility index (Phi) is 3.71. The van der Waals surface area contributed by atoms with Gasteiger partial charge in [0.1, 0.15) is 0 Å². The SMILES string of the molecule is NCCc1cccc2c1ccn2Cc1cccc(F)c1F. The first-order valence-corrected chi connectivity index (χ1v) is 6.90. The lowest BCUT2D eigenvalue weighted by Crippen LogP contribution is -2.04. The zero-order chi connectivity index (χ0) is 14.8. The van der Waals surface area contributed by atoms with Gasteiger partial charge in [-0.25, -0.2) is 8.78 Å². The molecule has 2 aromatic carbocycles. The molecule has 0 spiro atoms. The summed E-state index contributed by atoms with van der Waals surface area (Å²) in [5.74, 6) is -1.59. The van der Waals surface area contributed by atoms with E-state index in [1.54, 1.807) is 6.07 Å². The number of hydrogen-bond acceptors (Lipinski definition) is 1. The van der Waals surface area contributed by atoms with Crippen molar-refractivity contribution >= 4 is 10.9 Å². The minimum Gasteiger partial charge on any atom is -0.343 e. The average molecular weight is 286 g/mol. The molecule has 0 saturated carbocycles. The summed E-state index contributed by atoms with van der Waals surface area (Å²) in [6.07, 6.45) is 2.70. The van der Waals surface area contributed by atoms with Gasteiger partial charge in [0, 0.05) is 22.7 Å². The van der Waals surface area contributed by atoms with E-state index >= 15 is 0 Å². The summed E-state index contributed by atoms with van der Waals surface area (Å²) < 4.78 is 29.0. The van der Waals surface area contributed by atoms with Crippen molar-refractivity contribution in [1.29, 1.82) is 0 Å². The second kappa shape index (κ2) is 5.66. The normalized spacial score (nSPS) is 11.2. The highest BCUT2D eigenvalue weighted by Crippen LogP contribution is 2.22. The molecule has 0 radical (unpaired) electrons. The summed E-state index contributed by atoms with van der Waals surface area (Å²) >= 11 is 0. The quantitative estimate of drug-likeness (QED) is 0.782. The Labute approximate surface area is 121 Å². The van der Waals surface area contributed by atoms with E-state index < -0.39 is 11.6 Å². The van der Waals surface area contributed by atoms with Crippen molar-refractivity contribution in [2.24, 2.45) is 5.73 Å². The van der Waals surface area contributed by atoms with Gasteiger partial charge in [-0.15, -0.1) is 0 Å². The number of aromatic nitrogens is 1. The van der Waals surface area contributed by atoms with Crippen LogP contribution in [0.15, 0.2) is 48.7 Å². The van der Waals surface area contributed by atoms with E-state index in [1.807, 2.05) is 35.0 Å². The van der Waals surface area contributed by atoms with Crippen LogP contribution in [0.3, 0.4) is 0 Å². The topological polar surface area (TPSA) is 30.9 Å². The highest BCUT2D eigenvalue weighted by atomic mass is 19.2. The van der Waals surface area contributed by atoms with Crippen molar-refractivity contribution in [2.45, 2.75) is 13.0 Å². The maximum atomic E-state index is 13.8. The van der Waals surface area contributed by atoms with Crippen molar-refractivity contribution in [3.8, 4) is 0 Å². The standard InChI is InChI=1S/C17H16F2N2/c18-15-5-1-4-13(17(15)19)11-21-10-8-14-12(7-9-20)3-2-6-16(14)21/h1-6,8,10H,7,9,11,20H2. The van der Waals surface area contributed by atoms with E-state index in [9.17, 15) is 8.78 Å². The minimum absolute atomic E-state index is 0.305. The van der Waals surface area contributed by atoms with Crippen LogP contribution in [0.1, 0.15) is 11.1 Å². The first-order valence-electron chi connectivity index (χ1n) is 6.90. The van der Waals surface area contributed by atoms with Gasteiger partial charge in [-0.2, -0.15) is 0 Å². The second-order valence-corrected chi connectivity index (χ2v) is 5.05. The summed E-state index contributed by atoms with van der Waals surface area (Å²) in [4.78, 5) is 0. The number of hydrogen-bond donors (Lipinski definition) is 1. The first kappa shape index (κ1) is 13.8. The second-order valence-electron chi connectivity index (χ2n) is 5.05. The van der Waals surface area contributed by atoms with Gasteiger partial charge in [-0.1, -0.05) is 24.3 Å². The first-order chi connectivity index (χ1) is 10.2. The van der Waals surface area contributed by atoms with Gasteiger partial charge in [0.05, 0.1) is 6.54 Å². The van der Waals surface area contributed by atoms with Crippen LogP contribution in [0, 0.1) is 11.6 Å². The largest absolute Gasteiger partial charge is 0.343 e. The van der Waals surface area contributed by atoms with E-state index in [-0.39, 0.29) is 0 Å². The third-order valence-electron chi connectivity index (χ3n) is 3.69. The van der Waals surface area contributed by atoms with E-state index in [0.29, 0.717) is 18.7 Å². The molecular formula is C17H16F2N2. The third-order valence-corrected chi connectivity index (χ3v) is 3.69. The number of rotatable bonds is 4. The van der Waals surface area contributed by atoms with Crippen LogP contribution in [0.4, 0.5) is 8.78 Å². The zero-order valence-corrected chi connectivity index (χ0v) is 11.5. The lowest BCUT2D eigenvalue weighted by molar-refractivity contribution is 0.496. The highest BCUT2D eigenvalue weighted by molar-refractivity contribution is 5.83. The molecule has 0 fully saturated rings. The van der Waals surface area contributed by atoms with Gasteiger partial charge in [-0.3, -0.25) is 0 Å². The summed E-state index contributed by atoms with van der Waals surface area (Å²) in [5.41, 5.74) is 8.14. The molecule has 2 N–H and O–H groups in total. The fourth-order valence-electron chi connectivity index (χ4n) is 2.65. The van der Waals surface area contributed by atoms with Crippen LogP contribution in [0.25, 0.3) is 10.9 Å². The Bertz CT molecular complexity index is 778. The maximum Gasteiger partial charge on any atom is 0.163 e. The molecule has 1 aromatic heterocycles. The molecule has 0 amide bonds. The molecule has 108 valence electrons. The molecular weight excluding hydrogens is 270 g/mol. The lowest BCUT2D eigenvalue weighted by Gasteiger charge is -2.08. The molecule has 0 aliphatic carbocycles. The highest BCUT2D eigenvalue weighted by Gasteiger charge is 2.10. The lowest BCUT2D eigenvalue weighted by atomic mass is 10.1. The molecule has 3 aromatic rings. The number of nitrogens with zero attached hydrogens (tertiary/aromatic N) is 1. The van der Waals surface area contributed by atoms with Crippen LogP contribution in [-0.2, 0) is 13.0 Å². The Hall–Kier alpha value is -2.20. The average Bonchev–Trinajstić information content (AvgIpc) is 2.89. The molecule has 21 heavy (non-hydrogen) atoms. The van der Waals surface area contributed by atoms with Crippen LogP contribution >= 0.6 is 0 Å². The molecule has 2 nitrogen and oxygen atoms in total. The Morgan fingerprint density at radius 3 is 2.52 bits per heavy atom. The minimum atomic E-state index is -0.812. The van der Waals surface area contributed by atoms with Crippen molar-refractivity contribution in [2.75, 3.05) is 6.54 Å². The Morgan fingerprint density at radius 1 is 0.952 bits per heavy atom. The maximum absolute atomic E-state index is 13.8. The predicted octanol–water partition coefficient (Wildman–Crippen LogP) is 3.47. The molecule has 0 atom stereocenters. The van der Waals surface area contributed by atoms with Gasteiger partial charge in [-0.05, 0) is 36.7 Å². The Morgan fingerprint density at radius 2 is 1.71 bits per heavy atom. The van der Waals surface area contributed by atoms with Gasteiger partial charge in [0.2, 0.25) is 0 Å². The van der Waals surface area contributed by atoms with Crippen molar-refractivity contribution in [1.82, 2.24) is 4.57 Å². The van der Waals surface area contributed by atoms with Crippen molar-refractivity contribution < 1.29 is 8.78 Å². The fraction of sp³-hybridized carbons (Fsp3) is 0.176. The van der Waals surface area contributed by atoms with Crippen molar-refractivity contribution in [3.63, 3.8) is 0 Å². The van der Waals surface area contributed by atoms with Gasteiger partial charge >= 0.3 is 0 Å². The fourth-order valence-corrected chi connectivity index (χ4v) is 2.65. The molecule has 1 heterocycles. The smallest absolute Gasteiger partial charge is 0.163 e. The van der Waals surface area contributed by atoms with Crippen LogP contribution in [0.5, 0.6) is 0 Å². The number of fused-ring (bicyclic) bond motifs is 1.